The molecule has 0 amide bonds. The number of rotatable bonds is 3. The van der Waals surface area contributed by atoms with Gasteiger partial charge in [0.2, 0.25) is 0 Å². The second-order valence-electron chi connectivity index (χ2n) is 8.02. The second kappa shape index (κ2) is 7.17. The summed E-state index contributed by atoms with van der Waals surface area (Å²) in [4.78, 5) is 2.26. The minimum absolute atomic E-state index is 0.308. The molecule has 6 nitrogen and oxygen atoms in total. The summed E-state index contributed by atoms with van der Waals surface area (Å²) in [7, 11) is 2.11. The molecule has 1 saturated carbocycles. The minimum atomic E-state index is 0.308. The van der Waals surface area contributed by atoms with E-state index in [0.717, 1.165) is 68.7 Å². The van der Waals surface area contributed by atoms with Crippen LogP contribution in [-0.2, 0) is 22.6 Å². The van der Waals surface area contributed by atoms with Crippen molar-refractivity contribution in [2.24, 2.45) is 0 Å². The minimum Gasteiger partial charge on any atom is -0.376 e. The predicted molar refractivity (Wildman–Crippen MR) is 102 cm³/mol. The van der Waals surface area contributed by atoms with E-state index >= 15 is 0 Å². The highest BCUT2D eigenvalue weighted by atomic mass is 35.5. The van der Waals surface area contributed by atoms with Gasteiger partial charge in [-0.25, -0.2) is 0 Å². The summed E-state index contributed by atoms with van der Waals surface area (Å²) in [6.45, 7) is 3.16. The van der Waals surface area contributed by atoms with Crippen molar-refractivity contribution >= 4 is 11.6 Å². The maximum absolute atomic E-state index is 6.26. The van der Waals surface area contributed by atoms with Crippen molar-refractivity contribution in [2.75, 3.05) is 20.3 Å². The summed E-state index contributed by atoms with van der Waals surface area (Å²) in [6, 6.07) is 6.14. The molecule has 1 aromatic carbocycles. The summed E-state index contributed by atoms with van der Waals surface area (Å²) in [5.41, 5.74) is 2.40. The number of halogens is 1. The Morgan fingerprint density at radius 2 is 1.89 bits per heavy atom. The molecule has 0 atom stereocenters. The average molecular weight is 389 g/mol. The van der Waals surface area contributed by atoms with Crippen molar-refractivity contribution < 1.29 is 9.47 Å². The van der Waals surface area contributed by atoms with Crippen LogP contribution in [0.2, 0.25) is 5.02 Å². The van der Waals surface area contributed by atoms with Crippen LogP contribution in [0.4, 0.5) is 0 Å². The SMILES string of the molecule is CN1Cc2cc(Cl)ccc2-n2c(nnc2C2CCC(OC3COC3)CC2)C1. The van der Waals surface area contributed by atoms with Crippen LogP contribution >= 0.6 is 11.6 Å². The Morgan fingerprint density at radius 1 is 1.07 bits per heavy atom. The lowest BCUT2D eigenvalue weighted by molar-refractivity contribution is -0.160. The van der Waals surface area contributed by atoms with E-state index in [-0.39, 0.29) is 0 Å². The summed E-state index contributed by atoms with van der Waals surface area (Å²) >= 11 is 6.26. The number of fused-ring (bicyclic) bond motifs is 3. The van der Waals surface area contributed by atoms with Crippen molar-refractivity contribution in [3.05, 3.63) is 40.4 Å². The third-order valence-corrected chi connectivity index (χ3v) is 6.16. The highest BCUT2D eigenvalue weighted by Gasteiger charge is 2.32. The molecule has 144 valence electrons. The Labute approximate surface area is 164 Å². The van der Waals surface area contributed by atoms with Gasteiger partial charge in [0, 0.05) is 17.5 Å². The summed E-state index contributed by atoms with van der Waals surface area (Å²) in [5.74, 6) is 2.53. The van der Waals surface area contributed by atoms with Gasteiger partial charge in [0.1, 0.15) is 11.9 Å². The summed E-state index contributed by atoms with van der Waals surface area (Å²) in [5, 5.41) is 9.94. The number of hydrogen-bond donors (Lipinski definition) is 0. The second-order valence-corrected chi connectivity index (χ2v) is 8.46. The first-order chi connectivity index (χ1) is 13.2. The average Bonchev–Trinajstić information content (AvgIpc) is 2.96. The Bertz CT molecular complexity index is 827. The standard InChI is InChI=1S/C20H25ClN4O2/c1-24-9-14-8-15(21)4-7-18(14)25-19(10-24)22-23-20(25)13-2-5-16(6-3-13)27-17-11-26-12-17/h4,7-8,13,16-17H,2-3,5-6,9-12H2,1H3. The first-order valence-electron chi connectivity index (χ1n) is 9.82. The third kappa shape index (κ3) is 3.40. The number of hydrogen-bond acceptors (Lipinski definition) is 5. The van der Waals surface area contributed by atoms with E-state index in [0.29, 0.717) is 18.1 Å². The molecule has 27 heavy (non-hydrogen) atoms. The van der Waals surface area contributed by atoms with Crippen LogP contribution in [0, 0.1) is 0 Å². The molecule has 3 heterocycles. The number of benzene rings is 1. The van der Waals surface area contributed by atoms with Gasteiger partial charge in [-0.05, 0) is 56.5 Å². The summed E-state index contributed by atoms with van der Waals surface area (Å²) in [6.07, 6.45) is 5.01. The highest BCUT2D eigenvalue weighted by molar-refractivity contribution is 6.30. The topological polar surface area (TPSA) is 52.4 Å². The fraction of sp³-hybridized carbons (Fsp3) is 0.600. The molecule has 0 radical (unpaired) electrons. The van der Waals surface area contributed by atoms with E-state index < -0.39 is 0 Å². The molecule has 0 N–H and O–H groups in total. The van der Waals surface area contributed by atoms with Crippen molar-refractivity contribution in [1.82, 2.24) is 19.7 Å². The lowest BCUT2D eigenvalue weighted by Gasteiger charge is -2.34. The molecule has 7 heteroatoms. The van der Waals surface area contributed by atoms with E-state index in [2.05, 4.69) is 38.8 Å². The van der Waals surface area contributed by atoms with Crippen molar-refractivity contribution in [3.63, 3.8) is 0 Å². The Balaban J connectivity index is 1.40. The molecule has 0 unspecified atom stereocenters. The lowest BCUT2D eigenvalue weighted by Crippen LogP contribution is -2.40. The van der Waals surface area contributed by atoms with Crippen LogP contribution in [0.25, 0.3) is 5.69 Å². The van der Waals surface area contributed by atoms with Gasteiger partial charge in [-0.2, -0.15) is 0 Å². The molecular formula is C20H25ClN4O2. The van der Waals surface area contributed by atoms with Gasteiger partial charge in [0.25, 0.3) is 0 Å². The van der Waals surface area contributed by atoms with Crippen LogP contribution in [0.3, 0.4) is 0 Å². The monoisotopic (exact) mass is 388 g/mol. The fourth-order valence-corrected chi connectivity index (χ4v) is 4.66. The number of ether oxygens (including phenoxy) is 2. The normalized spacial score (nSPS) is 26.1. The van der Waals surface area contributed by atoms with Gasteiger partial charge in [0.05, 0.1) is 31.5 Å². The maximum atomic E-state index is 6.26. The largest absolute Gasteiger partial charge is 0.376 e. The van der Waals surface area contributed by atoms with Gasteiger partial charge in [0.15, 0.2) is 5.82 Å². The molecule has 2 aliphatic heterocycles. The zero-order chi connectivity index (χ0) is 18.4. The molecule has 0 spiro atoms. The van der Waals surface area contributed by atoms with Crippen LogP contribution in [-0.4, -0.2) is 52.1 Å². The van der Waals surface area contributed by atoms with Crippen LogP contribution in [0.15, 0.2) is 18.2 Å². The van der Waals surface area contributed by atoms with Gasteiger partial charge < -0.3 is 9.47 Å². The van der Waals surface area contributed by atoms with E-state index in [9.17, 15) is 0 Å². The molecule has 1 aromatic heterocycles. The lowest BCUT2D eigenvalue weighted by atomic mass is 9.86. The zero-order valence-electron chi connectivity index (χ0n) is 15.6. The number of aromatic nitrogens is 3. The first-order valence-corrected chi connectivity index (χ1v) is 10.2. The molecule has 3 aliphatic rings. The quantitative estimate of drug-likeness (QED) is 0.807. The van der Waals surface area contributed by atoms with Crippen molar-refractivity contribution in [3.8, 4) is 5.69 Å². The van der Waals surface area contributed by atoms with Crippen LogP contribution in [0.1, 0.15) is 48.8 Å². The molecule has 0 bridgehead atoms. The van der Waals surface area contributed by atoms with Crippen LogP contribution in [0.5, 0.6) is 0 Å². The fourth-order valence-electron chi connectivity index (χ4n) is 4.47. The Morgan fingerprint density at radius 3 is 2.63 bits per heavy atom. The zero-order valence-corrected chi connectivity index (χ0v) is 16.4. The smallest absolute Gasteiger partial charge is 0.151 e. The van der Waals surface area contributed by atoms with E-state index in [1.165, 1.54) is 11.3 Å². The maximum Gasteiger partial charge on any atom is 0.151 e. The molecule has 2 fully saturated rings. The van der Waals surface area contributed by atoms with Crippen molar-refractivity contribution in [1.29, 1.82) is 0 Å². The van der Waals surface area contributed by atoms with Crippen molar-refractivity contribution in [2.45, 2.75) is 56.9 Å². The Hall–Kier alpha value is -1.47. The van der Waals surface area contributed by atoms with E-state index in [1.54, 1.807) is 0 Å². The molecule has 5 rings (SSSR count). The summed E-state index contributed by atoms with van der Waals surface area (Å²) < 4.78 is 13.6. The van der Waals surface area contributed by atoms with Gasteiger partial charge >= 0.3 is 0 Å². The molecular weight excluding hydrogens is 364 g/mol. The van der Waals surface area contributed by atoms with Crippen LogP contribution < -0.4 is 0 Å². The highest BCUT2D eigenvalue weighted by Crippen LogP contribution is 2.37. The molecule has 1 aliphatic carbocycles. The molecule has 2 aromatic rings. The Kier molecular flexibility index (Phi) is 4.68. The third-order valence-electron chi connectivity index (χ3n) is 5.92. The van der Waals surface area contributed by atoms with Gasteiger partial charge in [-0.1, -0.05) is 11.6 Å². The van der Waals surface area contributed by atoms with E-state index in [4.69, 9.17) is 21.1 Å². The molecule has 1 saturated heterocycles. The van der Waals surface area contributed by atoms with E-state index in [1.807, 2.05) is 6.07 Å². The predicted octanol–water partition coefficient (Wildman–Crippen LogP) is 3.31. The number of nitrogens with zero attached hydrogens (tertiary/aromatic N) is 4. The van der Waals surface area contributed by atoms with Gasteiger partial charge in [-0.15, -0.1) is 10.2 Å². The van der Waals surface area contributed by atoms with Gasteiger partial charge in [-0.3, -0.25) is 9.47 Å². The first kappa shape index (κ1) is 17.6.